The maximum Gasteiger partial charge on any atom is 0.232 e. The van der Waals surface area contributed by atoms with Crippen LogP contribution in [0.1, 0.15) is 19.4 Å². The molecule has 104 valence electrons. The molecular formula is C15H21ClN2O. The van der Waals surface area contributed by atoms with E-state index in [4.69, 9.17) is 11.6 Å². The van der Waals surface area contributed by atoms with Gasteiger partial charge in [0.25, 0.3) is 0 Å². The first-order chi connectivity index (χ1) is 8.91. The Bertz CT molecular complexity index is 465. The monoisotopic (exact) mass is 280 g/mol. The van der Waals surface area contributed by atoms with Crippen LogP contribution in [-0.4, -0.2) is 48.9 Å². The fourth-order valence-electron chi connectivity index (χ4n) is 2.41. The summed E-state index contributed by atoms with van der Waals surface area (Å²) in [4.78, 5) is 16.9. The maximum atomic E-state index is 12.7. The first-order valence-electron chi connectivity index (χ1n) is 6.65. The van der Waals surface area contributed by atoms with Crippen molar-refractivity contribution in [3.05, 3.63) is 34.9 Å². The SMILES string of the molecule is CN1CCN(C(=O)C(C)(C)c2cccc(Cl)c2)CC1. The Balaban J connectivity index is 2.17. The highest BCUT2D eigenvalue weighted by molar-refractivity contribution is 6.30. The fourth-order valence-corrected chi connectivity index (χ4v) is 2.60. The summed E-state index contributed by atoms with van der Waals surface area (Å²) in [6, 6.07) is 7.59. The van der Waals surface area contributed by atoms with Crippen molar-refractivity contribution in [2.45, 2.75) is 19.3 Å². The zero-order valence-electron chi connectivity index (χ0n) is 11.8. The number of amides is 1. The minimum absolute atomic E-state index is 0.183. The molecule has 1 fully saturated rings. The standard InChI is InChI=1S/C15H21ClN2O/c1-15(2,12-5-4-6-13(16)11-12)14(19)18-9-7-17(3)8-10-18/h4-6,11H,7-10H2,1-3H3. The third-order valence-corrected chi connectivity index (χ3v) is 4.11. The molecule has 19 heavy (non-hydrogen) atoms. The fraction of sp³-hybridized carbons (Fsp3) is 0.533. The lowest BCUT2D eigenvalue weighted by molar-refractivity contribution is -0.137. The molecular weight excluding hydrogens is 260 g/mol. The van der Waals surface area contributed by atoms with Crippen LogP contribution in [0.25, 0.3) is 0 Å². The molecule has 0 spiro atoms. The number of nitrogens with zero attached hydrogens (tertiary/aromatic N) is 2. The summed E-state index contributed by atoms with van der Waals surface area (Å²) in [5.74, 6) is 0.183. The third-order valence-electron chi connectivity index (χ3n) is 3.87. The lowest BCUT2D eigenvalue weighted by Gasteiger charge is -2.37. The summed E-state index contributed by atoms with van der Waals surface area (Å²) in [5.41, 5.74) is 0.449. The van der Waals surface area contributed by atoms with Gasteiger partial charge in [-0.15, -0.1) is 0 Å². The normalized spacial score (nSPS) is 17.6. The van der Waals surface area contributed by atoms with Crippen LogP contribution in [0.4, 0.5) is 0 Å². The van der Waals surface area contributed by atoms with Gasteiger partial charge in [-0.3, -0.25) is 4.79 Å². The molecule has 1 heterocycles. The molecule has 0 aromatic heterocycles. The van der Waals surface area contributed by atoms with Crippen molar-refractivity contribution in [2.75, 3.05) is 33.2 Å². The number of carbonyl (C=O) groups is 1. The van der Waals surface area contributed by atoms with Crippen LogP contribution in [0.3, 0.4) is 0 Å². The van der Waals surface area contributed by atoms with E-state index in [1.165, 1.54) is 0 Å². The van der Waals surface area contributed by atoms with Crippen LogP contribution in [0.2, 0.25) is 5.02 Å². The van der Waals surface area contributed by atoms with Gasteiger partial charge in [0.15, 0.2) is 0 Å². The molecule has 1 saturated heterocycles. The Morgan fingerprint density at radius 2 is 1.84 bits per heavy atom. The maximum absolute atomic E-state index is 12.7. The van der Waals surface area contributed by atoms with Crippen LogP contribution in [0.15, 0.2) is 24.3 Å². The molecule has 1 aliphatic rings. The molecule has 2 rings (SSSR count). The van der Waals surface area contributed by atoms with Crippen molar-refractivity contribution < 1.29 is 4.79 Å². The Hall–Kier alpha value is -1.06. The molecule has 1 aromatic carbocycles. The van der Waals surface area contributed by atoms with Crippen molar-refractivity contribution in [1.29, 1.82) is 0 Å². The van der Waals surface area contributed by atoms with Crippen molar-refractivity contribution in [3.63, 3.8) is 0 Å². The summed E-state index contributed by atoms with van der Waals surface area (Å²) in [5, 5.41) is 0.678. The molecule has 1 aromatic rings. The van der Waals surface area contributed by atoms with Crippen molar-refractivity contribution in [1.82, 2.24) is 9.80 Å². The minimum atomic E-state index is -0.527. The van der Waals surface area contributed by atoms with Crippen molar-refractivity contribution >= 4 is 17.5 Å². The van der Waals surface area contributed by atoms with Gasteiger partial charge in [-0.1, -0.05) is 23.7 Å². The Labute approximate surface area is 120 Å². The quantitative estimate of drug-likeness (QED) is 0.830. The molecule has 0 saturated carbocycles. The second kappa shape index (κ2) is 5.51. The summed E-state index contributed by atoms with van der Waals surface area (Å²) < 4.78 is 0. The van der Waals surface area contributed by atoms with Gasteiger partial charge in [0.1, 0.15) is 0 Å². The Morgan fingerprint density at radius 3 is 2.42 bits per heavy atom. The van der Waals surface area contributed by atoms with Gasteiger partial charge in [-0.05, 0) is 38.6 Å². The average Bonchev–Trinajstić information content (AvgIpc) is 2.39. The number of rotatable bonds is 2. The minimum Gasteiger partial charge on any atom is -0.339 e. The van der Waals surface area contributed by atoms with E-state index in [2.05, 4.69) is 11.9 Å². The molecule has 0 radical (unpaired) electrons. The van der Waals surface area contributed by atoms with Gasteiger partial charge < -0.3 is 9.80 Å². The van der Waals surface area contributed by atoms with Crippen LogP contribution in [0.5, 0.6) is 0 Å². The molecule has 4 heteroatoms. The van der Waals surface area contributed by atoms with E-state index in [0.717, 1.165) is 31.7 Å². The number of halogens is 1. The van der Waals surface area contributed by atoms with Crippen LogP contribution in [-0.2, 0) is 10.2 Å². The van der Waals surface area contributed by atoms with Crippen molar-refractivity contribution in [3.8, 4) is 0 Å². The first-order valence-corrected chi connectivity index (χ1v) is 7.03. The predicted molar refractivity (Wildman–Crippen MR) is 78.6 cm³/mol. The zero-order chi connectivity index (χ0) is 14.0. The van der Waals surface area contributed by atoms with Gasteiger partial charge in [0.05, 0.1) is 5.41 Å². The third kappa shape index (κ3) is 3.10. The Kier molecular flexibility index (Phi) is 4.16. The Morgan fingerprint density at radius 1 is 1.21 bits per heavy atom. The van der Waals surface area contributed by atoms with E-state index in [1.54, 1.807) is 0 Å². The molecule has 0 aliphatic carbocycles. The number of hydrogen-bond donors (Lipinski definition) is 0. The predicted octanol–water partition coefficient (Wildman–Crippen LogP) is 2.39. The highest BCUT2D eigenvalue weighted by Crippen LogP contribution is 2.28. The van der Waals surface area contributed by atoms with Crippen molar-refractivity contribution in [2.24, 2.45) is 0 Å². The molecule has 0 unspecified atom stereocenters. The topological polar surface area (TPSA) is 23.6 Å². The zero-order valence-corrected chi connectivity index (χ0v) is 12.6. The highest BCUT2D eigenvalue weighted by atomic mass is 35.5. The summed E-state index contributed by atoms with van der Waals surface area (Å²) in [7, 11) is 2.09. The lowest BCUT2D eigenvalue weighted by atomic mass is 9.83. The number of piperazine rings is 1. The van der Waals surface area contributed by atoms with E-state index in [9.17, 15) is 4.79 Å². The average molecular weight is 281 g/mol. The molecule has 0 atom stereocenters. The summed E-state index contributed by atoms with van der Waals surface area (Å²) in [6.45, 7) is 7.44. The molecule has 1 aliphatic heterocycles. The number of hydrogen-bond acceptors (Lipinski definition) is 2. The molecule has 0 N–H and O–H groups in total. The van der Waals surface area contributed by atoms with E-state index in [-0.39, 0.29) is 5.91 Å². The molecule has 3 nitrogen and oxygen atoms in total. The van der Waals surface area contributed by atoms with Crippen LogP contribution in [0, 0.1) is 0 Å². The largest absolute Gasteiger partial charge is 0.339 e. The van der Waals surface area contributed by atoms with E-state index >= 15 is 0 Å². The second-order valence-electron chi connectivity index (χ2n) is 5.73. The highest BCUT2D eigenvalue weighted by Gasteiger charge is 2.34. The van der Waals surface area contributed by atoms with Crippen LogP contribution < -0.4 is 0 Å². The van der Waals surface area contributed by atoms with E-state index in [0.29, 0.717) is 5.02 Å². The summed E-state index contributed by atoms with van der Waals surface area (Å²) >= 11 is 6.03. The smallest absolute Gasteiger partial charge is 0.232 e. The number of likely N-dealkylation sites (N-methyl/N-ethyl adjacent to an activating group) is 1. The van der Waals surface area contributed by atoms with E-state index < -0.39 is 5.41 Å². The summed E-state index contributed by atoms with van der Waals surface area (Å²) in [6.07, 6.45) is 0. The second-order valence-corrected chi connectivity index (χ2v) is 6.17. The number of benzene rings is 1. The van der Waals surface area contributed by atoms with Gasteiger partial charge in [-0.25, -0.2) is 0 Å². The van der Waals surface area contributed by atoms with Gasteiger partial charge >= 0.3 is 0 Å². The number of carbonyl (C=O) groups excluding carboxylic acids is 1. The van der Waals surface area contributed by atoms with Gasteiger partial charge in [-0.2, -0.15) is 0 Å². The van der Waals surface area contributed by atoms with Gasteiger partial charge in [0.2, 0.25) is 5.91 Å². The van der Waals surface area contributed by atoms with E-state index in [1.807, 2.05) is 43.0 Å². The van der Waals surface area contributed by atoms with Gasteiger partial charge in [0, 0.05) is 31.2 Å². The molecule has 0 bridgehead atoms. The van der Waals surface area contributed by atoms with Crippen LogP contribution >= 0.6 is 11.6 Å². The lowest BCUT2D eigenvalue weighted by Crippen LogP contribution is -2.52. The molecule has 1 amide bonds. The first kappa shape index (κ1) is 14.4.